The number of anilines is 1. The lowest BCUT2D eigenvalue weighted by atomic mass is 10.1. The van der Waals surface area contributed by atoms with E-state index >= 15 is 0 Å². The van der Waals surface area contributed by atoms with Crippen LogP contribution in [-0.2, 0) is 6.54 Å². The van der Waals surface area contributed by atoms with Crippen molar-refractivity contribution in [3.05, 3.63) is 58.8 Å². The number of halogens is 1. The van der Waals surface area contributed by atoms with E-state index in [-0.39, 0.29) is 6.04 Å². The summed E-state index contributed by atoms with van der Waals surface area (Å²) in [4.78, 5) is 3.98. The molecule has 4 rings (SSSR count). The van der Waals surface area contributed by atoms with Crippen molar-refractivity contribution >= 4 is 17.3 Å². The van der Waals surface area contributed by atoms with Crippen LogP contribution < -0.4 is 9.80 Å². The Balaban J connectivity index is 1.48. The molecular formula is C21H28ClN6O+. The molecule has 0 radical (unpaired) electrons. The molecule has 0 saturated carbocycles. The predicted molar refractivity (Wildman–Crippen MR) is 112 cm³/mol. The lowest BCUT2D eigenvalue weighted by Gasteiger charge is -2.37. The number of furan rings is 1. The highest BCUT2D eigenvalue weighted by molar-refractivity contribution is 6.30. The number of nitrogens with zero attached hydrogens (tertiary/aromatic N) is 5. The molecule has 7 nitrogen and oxygen atoms in total. The zero-order valence-electron chi connectivity index (χ0n) is 17.0. The van der Waals surface area contributed by atoms with Gasteiger partial charge in [0.15, 0.2) is 0 Å². The topological polar surface area (TPSA) is 64.4 Å². The van der Waals surface area contributed by atoms with E-state index in [1.807, 2.05) is 22.9 Å². The number of aromatic nitrogens is 4. The quantitative estimate of drug-likeness (QED) is 0.642. The van der Waals surface area contributed by atoms with Crippen molar-refractivity contribution in [1.82, 2.24) is 20.2 Å². The number of nitrogens with one attached hydrogen (secondary N) is 1. The molecule has 1 atom stereocenters. The lowest BCUT2D eigenvalue weighted by Crippen LogP contribution is -3.15. The molecular weight excluding hydrogens is 388 g/mol. The first-order valence-electron chi connectivity index (χ1n) is 10.3. The van der Waals surface area contributed by atoms with Crippen molar-refractivity contribution < 1.29 is 9.32 Å². The van der Waals surface area contributed by atoms with Crippen molar-refractivity contribution in [3.63, 3.8) is 0 Å². The standard InChI is InChI=1S/C21H27ClN6O/c1-3-5-19(21-23-24-25-28(21)15-18-6-4-13-29-18)26-9-11-27(12-10-26)20-14-17(22)8-7-16(20)2/h4,6-8,13-14,19H,3,5,9-12,15H2,1-2H3/p+1/t19-/m1/s1. The van der Waals surface area contributed by atoms with Gasteiger partial charge in [-0.3, -0.25) is 0 Å². The number of benzene rings is 1. The summed E-state index contributed by atoms with van der Waals surface area (Å²) in [6, 6.07) is 10.3. The van der Waals surface area contributed by atoms with Crippen LogP contribution in [-0.4, -0.2) is 46.4 Å². The van der Waals surface area contributed by atoms with E-state index < -0.39 is 0 Å². The third kappa shape index (κ3) is 4.46. The molecule has 1 saturated heterocycles. The molecule has 154 valence electrons. The Morgan fingerprint density at radius 1 is 1.24 bits per heavy atom. The first-order chi connectivity index (χ1) is 14.2. The molecule has 29 heavy (non-hydrogen) atoms. The Morgan fingerprint density at radius 2 is 2.07 bits per heavy atom. The molecule has 0 unspecified atom stereocenters. The van der Waals surface area contributed by atoms with Crippen LogP contribution in [0, 0.1) is 6.92 Å². The first kappa shape index (κ1) is 19.9. The number of piperazine rings is 1. The average molecular weight is 416 g/mol. The van der Waals surface area contributed by atoms with E-state index in [0.717, 1.165) is 55.6 Å². The van der Waals surface area contributed by atoms with Gasteiger partial charge in [0.25, 0.3) is 0 Å². The Kier molecular flexibility index (Phi) is 6.16. The van der Waals surface area contributed by atoms with Crippen LogP contribution in [0.3, 0.4) is 0 Å². The summed E-state index contributed by atoms with van der Waals surface area (Å²) >= 11 is 6.24. The van der Waals surface area contributed by atoms with Gasteiger partial charge in [-0.1, -0.05) is 31.0 Å². The summed E-state index contributed by atoms with van der Waals surface area (Å²) in [5.41, 5.74) is 2.51. The van der Waals surface area contributed by atoms with Crippen LogP contribution in [0.25, 0.3) is 0 Å². The highest BCUT2D eigenvalue weighted by Crippen LogP contribution is 2.24. The van der Waals surface area contributed by atoms with Gasteiger partial charge in [0.2, 0.25) is 5.82 Å². The second kappa shape index (κ2) is 8.97. The molecule has 8 heteroatoms. The van der Waals surface area contributed by atoms with Gasteiger partial charge in [0.1, 0.15) is 18.3 Å². The molecule has 3 heterocycles. The van der Waals surface area contributed by atoms with Crippen molar-refractivity contribution in [2.45, 2.75) is 39.3 Å². The second-order valence-corrected chi connectivity index (χ2v) is 8.13. The van der Waals surface area contributed by atoms with E-state index in [9.17, 15) is 0 Å². The molecule has 0 spiro atoms. The minimum atomic E-state index is 0.285. The molecule has 0 aliphatic carbocycles. The molecule has 1 aliphatic heterocycles. The van der Waals surface area contributed by atoms with Crippen LogP contribution in [0.1, 0.15) is 43.0 Å². The fraction of sp³-hybridized carbons (Fsp3) is 0.476. The van der Waals surface area contributed by atoms with E-state index in [4.69, 9.17) is 16.0 Å². The maximum absolute atomic E-state index is 6.24. The highest BCUT2D eigenvalue weighted by atomic mass is 35.5. The van der Waals surface area contributed by atoms with Crippen LogP contribution in [0.5, 0.6) is 0 Å². The fourth-order valence-corrected chi connectivity index (χ4v) is 4.40. The van der Waals surface area contributed by atoms with Crippen molar-refractivity contribution in [2.24, 2.45) is 0 Å². The molecule has 1 fully saturated rings. The fourth-order valence-electron chi connectivity index (χ4n) is 4.23. The highest BCUT2D eigenvalue weighted by Gasteiger charge is 2.32. The largest absolute Gasteiger partial charge is 0.467 e. The zero-order chi connectivity index (χ0) is 20.2. The van der Waals surface area contributed by atoms with Crippen LogP contribution >= 0.6 is 11.6 Å². The predicted octanol–water partition coefficient (Wildman–Crippen LogP) is 2.52. The smallest absolute Gasteiger partial charge is 0.209 e. The van der Waals surface area contributed by atoms with Crippen molar-refractivity contribution in [3.8, 4) is 0 Å². The van der Waals surface area contributed by atoms with Gasteiger partial charge >= 0.3 is 0 Å². The van der Waals surface area contributed by atoms with Gasteiger partial charge < -0.3 is 14.2 Å². The second-order valence-electron chi connectivity index (χ2n) is 7.69. The van der Waals surface area contributed by atoms with Gasteiger partial charge in [0, 0.05) is 17.1 Å². The monoisotopic (exact) mass is 415 g/mol. The van der Waals surface area contributed by atoms with Gasteiger partial charge in [-0.15, -0.1) is 5.10 Å². The number of hydrogen-bond donors (Lipinski definition) is 1. The molecule has 1 N–H and O–H groups in total. The Bertz CT molecular complexity index is 917. The van der Waals surface area contributed by atoms with E-state index in [1.165, 1.54) is 11.3 Å². The normalized spacial score (nSPS) is 16.3. The van der Waals surface area contributed by atoms with Crippen LogP contribution in [0.2, 0.25) is 5.02 Å². The van der Waals surface area contributed by atoms with Gasteiger partial charge in [-0.2, -0.15) is 0 Å². The summed E-state index contributed by atoms with van der Waals surface area (Å²) in [5.74, 6) is 1.82. The first-order valence-corrected chi connectivity index (χ1v) is 10.7. The number of rotatable bonds is 7. The molecule has 2 aromatic heterocycles. The molecule has 0 amide bonds. The maximum Gasteiger partial charge on any atom is 0.209 e. The Labute approximate surface area is 176 Å². The van der Waals surface area contributed by atoms with Gasteiger partial charge in [-0.05, 0) is 47.2 Å². The maximum atomic E-state index is 6.24. The molecule has 3 aromatic rings. The van der Waals surface area contributed by atoms with Crippen LogP contribution in [0.4, 0.5) is 5.69 Å². The summed E-state index contributed by atoms with van der Waals surface area (Å²) in [6.07, 6.45) is 3.84. The average Bonchev–Trinajstić information content (AvgIpc) is 3.41. The van der Waals surface area contributed by atoms with Gasteiger partial charge in [0.05, 0.1) is 32.4 Å². The number of aryl methyl sites for hydroxylation is 1. The number of quaternary nitrogens is 1. The van der Waals surface area contributed by atoms with Crippen molar-refractivity contribution in [2.75, 3.05) is 31.1 Å². The SMILES string of the molecule is CCC[C@H](c1nnnn1Cc1ccco1)[NH+]1CCN(c2cc(Cl)ccc2C)CC1. The minimum Gasteiger partial charge on any atom is -0.467 e. The number of tetrazole rings is 1. The summed E-state index contributed by atoms with van der Waals surface area (Å²) < 4.78 is 7.38. The molecule has 0 bridgehead atoms. The van der Waals surface area contributed by atoms with Crippen molar-refractivity contribution in [1.29, 1.82) is 0 Å². The lowest BCUT2D eigenvalue weighted by molar-refractivity contribution is -0.933. The molecule has 1 aromatic carbocycles. The zero-order valence-corrected chi connectivity index (χ0v) is 17.8. The third-order valence-corrected chi connectivity index (χ3v) is 5.98. The summed E-state index contributed by atoms with van der Waals surface area (Å²) in [6.45, 7) is 9.02. The molecule has 1 aliphatic rings. The Morgan fingerprint density at radius 3 is 2.79 bits per heavy atom. The minimum absolute atomic E-state index is 0.285. The van der Waals surface area contributed by atoms with E-state index in [2.05, 4.69) is 46.4 Å². The van der Waals surface area contributed by atoms with Crippen LogP contribution in [0.15, 0.2) is 41.0 Å². The summed E-state index contributed by atoms with van der Waals surface area (Å²) in [5, 5.41) is 13.4. The third-order valence-electron chi connectivity index (χ3n) is 5.74. The summed E-state index contributed by atoms with van der Waals surface area (Å²) in [7, 11) is 0. The Hall–Kier alpha value is -2.38. The van der Waals surface area contributed by atoms with E-state index in [0.29, 0.717) is 6.54 Å². The number of hydrogen-bond acceptors (Lipinski definition) is 5. The van der Waals surface area contributed by atoms with Gasteiger partial charge in [-0.25, -0.2) is 4.68 Å². The van der Waals surface area contributed by atoms with E-state index in [1.54, 1.807) is 11.2 Å².